The molecule has 1 unspecified atom stereocenters. The maximum atomic E-state index is 4.35. The van der Waals surface area contributed by atoms with Crippen molar-refractivity contribution in [1.29, 1.82) is 0 Å². The fraction of sp³-hybridized carbons (Fsp3) is 0.632. The van der Waals surface area contributed by atoms with E-state index in [0.29, 0.717) is 12.0 Å². The highest BCUT2D eigenvalue weighted by Crippen LogP contribution is 2.17. The summed E-state index contributed by atoms with van der Waals surface area (Å²) in [7, 11) is 1.84. The molecule has 0 saturated carbocycles. The number of halogens is 1. The van der Waals surface area contributed by atoms with Gasteiger partial charge in [-0.15, -0.1) is 24.0 Å². The van der Waals surface area contributed by atoms with Crippen LogP contribution in [0.1, 0.15) is 37.8 Å². The third-order valence-corrected chi connectivity index (χ3v) is 4.66. The first-order valence-electron chi connectivity index (χ1n) is 8.84. The van der Waals surface area contributed by atoms with Crippen LogP contribution >= 0.6 is 24.0 Å². The predicted molar refractivity (Wildman–Crippen MR) is 114 cm³/mol. The summed E-state index contributed by atoms with van der Waals surface area (Å²) in [5.74, 6) is 1.53. The molecule has 1 aliphatic rings. The number of nitrogens with zero attached hydrogens (tertiary/aromatic N) is 2. The molecule has 0 bridgehead atoms. The van der Waals surface area contributed by atoms with E-state index in [1.807, 2.05) is 7.05 Å². The third kappa shape index (κ3) is 6.59. The Hall–Kier alpha value is -0.820. The van der Waals surface area contributed by atoms with Gasteiger partial charge in [-0.2, -0.15) is 0 Å². The zero-order valence-electron chi connectivity index (χ0n) is 15.5. The zero-order chi connectivity index (χ0) is 16.7. The number of nitrogens with one attached hydrogen (secondary N) is 2. The molecule has 2 rings (SSSR count). The predicted octanol–water partition coefficient (Wildman–Crippen LogP) is 3.40. The molecule has 0 spiro atoms. The Bertz CT molecular complexity index is 493. The van der Waals surface area contributed by atoms with Crippen LogP contribution in [-0.2, 0) is 6.54 Å². The summed E-state index contributed by atoms with van der Waals surface area (Å²) in [6.45, 7) is 11.0. The Balaban J connectivity index is 0.00000288. The second kappa shape index (κ2) is 10.9. The highest BCUT2D eigenvalue weighted by Gasteiger charge is 2.24. The second-order valence-corrected chi connectivity index (χ2v) is 6.85. The number of hydrogen-bond acceptors (Lipinski definition) is 2. The fourth-order valence-electron chi connectivity index (χ4n) is 3.17. The normalized spacial score (nSPS) is 16.8. The van der Waals surface area contributed by atoms with Gasteiger partial charge in [-0.05, 0) is 44.3 Å². The molecule has 1 aliphatic heterocycles. The van der Waals surface area contributed by atoms with E-state index < -0.39 is 0 Å². The van der Waals surface area contributed by atoms with Crippen molar-refractivity contribution in [1.82, 2.24) is 15.5 Å². The van der Waals surface area contributed by atoms with Gasteiger partial charge in [0, 0.05) is 26.2 Å². The second-order valence-electron chi connectivity index (χ2n) is 6.85. The van der Waals surface area contributed by atoms with Crippen LogP contribution in [0.2, 0.25) is 0 Å². The van der Waals surface area contributed by atoms with Crippen LogP contribution in [0.4, 0.5) is 0 Å². The van der Waals surface area contributed by atoms with Gasteiger partial charge in [0.05, 0.1) is 0 Å². The minimum atomic E-state index is 0. The summed E-state index contributed by atoms with van der Waals surface area (Å²) in [6.07, 6.45) is 2.67. The number of aliphatic imine (C=N–C) groups is 1. The number of guanidine groups is 1. The lowest BCUT2D eigenvalue weighted by Gasteiger charge is -2.31. The molecule has 1 aromatic rings. The molecule has 2 N–H and O–H groups in total. The average Bonchev–Trinajstić information content (AvgIpc) is 3.06. The average molecular weight is 444 g/mol. The van der Waals surface area contributed by atoms with Crippen molar-refractivity contribution in [2.75, 3.05) is 26.7 Å². The van der Waals surface area contributed by atoms with Crippen LogP contribution in [0.3, 0.4) is 0 Å². The zero-order valence-corrected chi connectivity index (χ0v) is 17.8. The number of likely N-dealkylation sites (tertiary alicyclic amines) is 1. The topological polar surface area (TPSA) is 39.7 Å². The summed E-state index contributed by atoms with van der Waals surface area (Å²) in [4.78, 5) is 6.97. The number of hydrogen-bond donors (Lipinski definition) is 2. The first-order valence-corrected chi connectivity index (χ1v) is 8.84. The monoisotopic (exact) mass is 444 g/mol. The van der Waals surface area contributed by atoms with Crippen molar-refractivity contribution < 1.29 is 0 Å². The van der Waals surface area contributed by atoms with Crippen LogP contribution in [0, 0.1) is 12.8 Å². The molecule has 5 heteroatoms. The molecule has 1 aromatic carbocycles. The minimum absolute atomic E-state index is 0. The molecule has 0 aliphatic carbocycles. The maximum Gasteiger partial charge on any atom is 0.191 e. The van der Waals surface area contributed by atoms with Crippen molar-refractivity contribution in [3.63, 3.8) is 0 Å². The van der Waals surface area contributed by atoms with Gasteiger partial charge in [-0.1, -0.05) is 43.7 Å². The van der Waals surface area contributed by atoms with E-state index in [9.17, 15) is 0 Å². The maximum absolute atomic E-state index is 4.35. The van der Waals surface area contributed by atoms with E-state index in [0.717, 1.165) is 19.0 Å². The minimum Gasteiger partial charge on any atom is -0.355 e. The number of benzene rings is 1. The van der Waals surface area contributed by atoms with Gasteiger partial charge in [0.2, 0.25) is 0 Å². The van der Waals surface area contributed by atoms with E-state index in [1.165, 1.54) is 37.1 Å². The van der Waals surface area contributed by atoms with Crippen molar-refractivity contribution in [3.8, 4) is 0 Å². The van der Waals surface area contributed by atoms with Crippen molar-refractivity contribution >= 4 is 29.9 Å². The molecule has 1 atom stereocenters. The third-order valence-electron chi connectivity index (χ3n) is 4.66. The molecule has 1 saturated heterocycles. The lowest BCUT2D eigenvalue weighted by Crippen LogP contribution is -2.48. The van der Waals surface area contributed by atoms with E-state index >= 15 is 0 Å². The summed E-state index contributed by atoms with van der Waals surface area (Å²) in [5, 5.41) is 6.92. The fourth-order valence-corrected chi connectivity index (χ4v) is 3.17. The van der Waals surface area contributed by atoms with Crippen molar-refractivity contribution in [2.45, 2.75) is 46.2 Å². The molecule has 24 heavy (non-hydrogen) atoms. The highest BCUT2D eigenvalue weighted by atomic mass is 127. The smallest absolute Gasteiger partial charge is 0.191 e. The molecule has 0 aromatic heterocycles. The lowest BCUT2D eigenvalue weighted by atomic mass is 10.0. The summed E-state index contributed by atoms with van der Waals surface area (Å²) in [6, 6.07) is 9.20. The van der Waals surface area contributed by atoms with Crippen LogP contribution in [0.5, 0.6) is 0 Å². The van der Waals surface area contributed by atoms with Crippen LogP contribution in [0.15, 0.2) is 29.3 Å². The van der Waals surface area contributed by atoms with Gasteiger partial charge in [0.25, 0.3) is 0 Å². The molecular weight excluding hydrogens is 411 g/mol. The van der Waals surface area contributed by atoms with Crippen molar-refractivity contribution in [2.24, 2.45) is 10.9 Å². The van der Waals surface area contributed by atoms with Gasteiger partial charge in [-0.3, -0.25) is 9.89 Å². The largest absolute Gasteiger partial charge is 0.355 e. The quantitative estimate of drug-likeness (QED) is 0.402. The molecule has 0 amide bonds. The molecular formula is C19H33IN4. The number of aryl methyl sites for hydroxylation is 1. The SMILES string of the molecule is CN=C(NCc1ccc(C)cc1)NCC(C(C)C)N1CCCC1.I. The van der Waals surface area contributed by atoms with Gasteiger partial charge < -0.3 is 10.6 Å². The Morgan fingerprint density at radius 2 is 1.75 bits per heavy atom. The molecule has 136 valence electrons. The molecule has 0 radical (unpaired) electrons. The van der Waals surface area contributed by atoms with Gasteiger partial charge in [0.1, 0.15) is 0 Å². The van der Waals surface area contributed by atoms with Crippen LogP contribution in [-0.4, -0.2) is 43.6 Å². The molecule has 1 heterocycles. The van der Waals surface area contributed by atoms with E-state index in [2.05, 4.69) is 65.6 Å². The van der Waals surface area contributed by atoms with Crippen LogP contribution in [0.25, 0.3) is 0 Å². The van der Waals surface area contributed by atoms with Gasteiger partial charge in [-0.25, -0.2) is 0 Å². The molecule has 4 nitrogen and oxygen atoms in total. The molecule has 1 fully saturated rings. The van der Waals surface area contributed by atoms with E-state index in [-0.39, 0.29) is 24.0 Å². The summed E-state index contributed by atoms with van der Waals surface area (Å²) in [5.41, 5.74) is 2.57. The van der Waals surface area contributed by atoms with Crippen molar-refractivity contribution in [3.05, 3.63) is 35.4 Å². The first kappa shape index (κ1) is 21.2. The van der Waals surface area contributed by atoms with Gasteiger partial charge >= 0.3 is 0 Å². The lowest BCUT2D eigenvalue weighted by molar-refractivity contribution is 0.192. The van der Waals surface area contributed by atoms with E-state index in [1.54, 1.807) is 0 Å². The Morgan fingerprint density at radius 3 is 2.29 bits per heavy atom. The van der Waals surface area contributed by atoms with Crippen LogP contribution < -0.4 is 10.6 Å². The Kier molecular flexibility index (Phi) is 9.66. The van der Waals surface area contributed by atoms with E-state index in [4.69, 9.17) is 0 Å². The Morgan fingerprint density at radius 1 is 1.12 bits per heavy atom. The number of rotatable bonds is 6. The summed E-state index contributed by atoms with van der Waals surface area (Å²) >= 11 is 0. The first-order chi connectivity index (χ1) is 11.1. The standard InChI is InChI=1S/C19H32N4.HI/c1-15(2)18(23-11-5-6-12-23)14-22-19(20-4)21-13-17-9-7-16(3)8-10-17;/h7-10,15,18H,5-6,11-14H2,1-4H3,(H2,20,21,22);1H. The summed E-state index contributed by atoms with van der Waals surface area (Å²) < 4.78 is 0. The highest BCUT2D eigenvalue weighted by molar-refractivity contribution is 14.0. The Labute approximate surface area is 164 Å². The van der Waals surface area contributed by atoms with Gasteiger partial charge in [0.15, 0.2) is 5.96 Å².